The van der Waals surface area contributed by atoms with E-state index in [0.29, 0.717) is 6.61 Å². The van der Waals surface area contributed by atoms with Crippen LogP contribution in [0.2, 0.25) is 0 Å². The Morgan fingerprint density at radius 1 is 1.19 bits per heavy atom. The molecule has 2 aliphatic heterocycles. The third kappa shape index (κ3) is 4.97. The van der Waals surface area contributed by atoms with Crippen molar-refractivity contribution in [1.29, 1.82) is 0 Å². The molecule has 0 saturated carbocycles. The van der Waals surface area contributed by atoms with Crippen LogP contribution in [0.3, 0.4) is 0 Å². The molecule has 7 heteroatoms. The molecule has 1 unspecified atom stereocenters. The maximum atomic E-state index is 5.85. The van der Waals surface area contributed by atoms with Crippen LogP contribution in [0, 0.1) is 0 Å². The fraction of sp³-hybridized carbons (Fsp3) is 0.600. The zero-order valence-corrected chi connectivity index (χ0v) is 16.8. The van der Waals surface area contributed by atoms with Gasteiger partial charge in [0.15, 0.2) is 0 Å². The Bertz CT molecular complexity index is 707. The predicted molar refractivity (Wildman–Crippen MR) is 108 cm³/mol. The summed E-state index contributed by atoms with van der Waals surface area (Å²) in [6, 6.07) is 8.51. The van der Waals surface area contributed by atoms with Gasteiger partial charge in [-0.15, -0.1) is 0 Å². The Morgan fingerprint density at radius 2 is 2.00 bits per heavy atom. The van der Waals surface area contributed by atoms with Gasteiger partial charge < -0.3 is 14.4 Å². The molecule has 2 aliphatic rings. The topological polar surface area (TPSA) is 50.7 Å². The SMILES string of the molecule is CCc1nsc(N2CCN(Cc3ccc(OCC4CCCO4)cc3)CC2)n1. The molecule has 1 atom stereocenters. The predicted octanol–water partition coefficient (Wildman–Crippen LogP) is 2.98. The molecular formula is C20H28N4O2S. The third-order valence-corrected chi connectivity index (χ3v) is 6.02. The largest absolute Gasteiger partial charge is 0.491 e. The van der Waals surface area contributed by atoms with E-state index in [1.54, 1.807) is 0 Å². The van der Waals surface area contributed by atoms with Crippen molar-refractivity contribution in [1.82, 2.24) is 14.3 Å². The lowest BCUT2D eigenvalue weighted by Gasteiger charge is -2.34. The summed E-state index contributed by atoms with van der Waals surface area (Å²) in [4.78, 5) is 9.47. The minimum absolute atomic E-state index is 0.266. The lowest BCUT2D eigenvalue weighted by molar-refractivity contribution is 0.0679. The average Bonchev–Trinajstić information content (AvgIpc) is 3.40. The zero-order chi connectivity index (χ0) is 18.5. The lowest BCUT2D eigenvalue weighted by Crippen LogP contribution is -2.45. The van der Waals surface area contributed by atoms with E-state index >= 15 is 0 Å². The van der Waals surface area contributed by atoms with E-state index in [4.69, 9.17) is 9.47 Å². The minimum atomic E-state index is 0.266. The number of hydrogen-bond acceptors (Lipinski definition) is 7. The van der Waals surface area contributed by atoms with Gasteiger partial charge in [0.25, 0.3) is 0 Å². The first-order valence-electron chi connectivity index (χ1n) is 9.93. The highest BCUT2D eigenvalue weighted by molar-refractivity contribution is 7.09. The number of aromatic nitrogens is 2. The van der Waals surface area contributed by atoms with Crippen LogP contribution in [-0.2, 0) is 17.7 Å². The first-order valence-corrected chi connectivity index (χ1v) is 10.7. The summed E-state index contributed by atoms with van der Waals surface area (Å²) in [7, 11) is 0. The number of hydrogen-bond donors (Lipinski definition) is 0. The zero-order valence-electron chi connectivity index (χ0n) is 16.0. The molecule has 1 aromatic carbocycles. The van der Waals surface area contributed by atoms with Crippen LogP contribution in [0.15, 0.2) is 24.3 Å². The molecule has 0 radical (unpaired) electrons. The van der Waals surface area contributed by atoms with Crippen molar-refractivity contribution in [2.75, 3.05) is 44.3 Å². The van der Waals surface area contributed by atoms with E-state index < -0.39 is 0 Å². The van der Waals surface area contributed by atoms with E-state index in [1.807, 2.05) is 0 Å². The maximum Gasteiger partial charge on any atom is 0.205 e. The van der Waals surface area contributed by atoms with Gasteiger partial charge in [0.05, 0.1) is 6.10 Å². The van der Waals surface area contributed by atoms with Crippen LogP contribution >= 0.6 is 11.5 Å². The lowest BCUT2D eigenvalue weighted by atomic mass is 10.2. The molecule has 2 fully saturated rings. The molecule has 1 aromatic heterocycles. The van der Waals surface area contributed by atoms with Gasteiger partial charge in [-0.25, -0.2) is 4.98 Å². The van der Waals surface area contributed by atoms with Gasteiger partial charge >= 0.3 is 0 Å². The standard InChI is InChI=1S/C20H28N4O2S/c1-2-19-21-20(27-22-19)24-11-9-23(10-12-24)14-16-5-7-17(8-6-16)26-15-18-4-3-13-25-18/h5-8,18H,2-4,9-15H2,1H3. The molecule has 0 spiro atoms. The molecule has 6 nitrogen and oxygen atoms in total. The highest BCUT2D eigenvalue weighted by Crippen LogP contribution is 2.21. The Kier molecular flexibility index (Phi) is 6.21. The maximum absolute atomic E-state index is 5.85. The molecule has 2 aromatic rings. The highest BCUT2D eigenvalue weighted by Gasteiger charge is 2.20. The quantitative estimate of drug-likeness (QED) is 0.727. The number of aryl methyl sites for hydroxylation is 1. The number of piperazine rings is 1. The van der Waals surface area contributed by atoms with Crippen LogP contribution in [0.1, 0.15) is 31.2 Å². The first-order chi connectivity index (χ1) is 13.3. The Labute approximate surface area is 165 Å². The Balaban J connectivity index is 1.22. The molecule has 2 saturated heterocycles. The first kappa shape index (κ1) is 18.7. The van der Waals surface area contributed by atoms with Crippen molar-refractivity contribution in [2.45, 2.75) is 38.8 Å². The minimum Gasteiger partial charge on any atom is -0.491 e. The van der Waals surface area contributed by atoms with Gasteiger partial charge in [0.2, 0.25) is 5.13 Å². The van der Waals surface area contributed by atoms with E-state index in [1.165, 1.54) is 17.1 Å². The summed E-state index contributed by atoms with van der Waals surface area (Å²) in [6.45, 7) is 8.75. The molecule has 0 aliphatic carbocycles. The van der Waals surface area contributed by atoms with Crippen LogP contribution in [0.25, 0.3) is 0 Å². The monoisotopic (exact) mass is 388 g/mol. The van der Waals surface area contributed by atoms with Crippen LogP contribution < -0.4 is 9.64 Å². The second-order valence-electron chi connectivity index (χ2n) is 7.20. The smallest absolute Gasteiger partial charge is 0.205 e. The molecule has 0 N–H and O–H groups in total. The molecule has 27 heavy (non-hydrogen) atoms. The Morgan fingerprint density at radius 3 is 2.67 bits per heavy atom. The van der Waals surface area contributed by atoms with E-state index in [0.717, 1.165) is 75.3 Å². The average molecular weight is 389 g/mol. The number of benzene rings is 1. The van der Waals surface area contributed by atoms with Gasteiger partial charge in [-0.2, -0.15) is 4.37 Å². The number of ether oxygens (including phenoxy) is 2. The van der Waals surface area contributed by atoms with Crippen LogP contribution in [-0.4, -0.2) is 59.8 Å². The second kappa shape index (κ2) is 8.99. The van der Waals surface area contributed by atoms with Gasteiger partial charge in [-0.1, -0.05) is 19.1 Å². The van der Waals surface area contributed by atoms with Crippen LogP contribution in [0.4, 0.5) is 5.13 Å². The van der Waals surface area contributed by atoms with Gasteiger partial charge in [-0.3, -0.25) is 4.90 Å². The van der Waals surface area contributed by atoms with Crippen molar-refractivity contribution in [3.8, 4) is 5.75 Å². The summed E-state index contributed by atoms with van der Waals surface area (Å²) in [6.07, 6.45) is 3.44. The molecule has 0 amide bonds. The van der Waals surface area contributed by atoms with Crippen molar-refractivity contribution in [3.63, 3.8) is 0 Å². The van der Waals surface area contributed by atoms with Crippen molar-refractivity contribution < 1.29 is 9.47 Å². The second-order valence-corrected chi connectivity index (χ2v) is 7.93. The molecule has 4 rings (SSSR count). The van der Waals surface area contributed by atoms with Crippen LogP contribution in [0.5, 0.6) is 5.75 Å². The van der Waals surface area contributed by atoms with Crippen molar-refractivity contribution >= 4 is 16.7 Å². The molecular weight excluding hydrogens is 360 g/mol. The van der Waals surface area contributed by atoms with Gasteiger partial charge in [0.1, 0.15) is 18.2 Å². The summed E-state index contributed by atoms with van der Waals surface area (Å²) >= 11 is 1.52. The summed E-state index contributed by atoms with van der Waals surface area (Å²) < 4.78 is 15.9. The number of anilines is 1. The highest BCUT2D eigenvalue weighted by atomic mass is 32.1. The molecule has 0 bridgehead atoms. The Hall–Kier alpha value is -1.70. The fourth-order valence-electron chi connectivity index (χ4n) is 3.53. The van der Waals surface area contributed by atoms with Crippen molar-refractivity contribution in [2.24, 2.45) is 0 Å². The van der Waals surface area contributed by atoms with E-state index in [9.17, 15) is 0 Å². The third-order valence-electron chi connectivity index (χ3n) is 5.21. The fourth-order valence-corrected chi connectivity index (χ4v) is 4.33. The van der Waals surface area contributed by atoms with Gasteiger partial charge in [-0.05, 0) is 30.5 Å². The normalized spacial score (nSPS) is 20.9. The van der Waals surface area contributed by atoms with Gasteiger partial charge in [0, 0.05) is 57.3 Å². The van der Waals surface area contributed by atoms with E-state index in [-0.39, 0.29) is 6.10 Å². The van der Waals surface area contributed by atoms with E-state index in [2.05, 4.69) is 50.3 Å². The molecule has 3 heterocycles. The summed E-state index contributed by atoms with van der Waals surface area (Å²) in [5.74, 6) is 1.89. The molecule has 146 valence electrons. The number of rotatable bonds is 7. The number of nitrogens with zero attached hydrogens (tertiary/aromatic N) is 4. The summed E-state index contributed by atoms with van der Waals surface area (Å²) in [5, 5.41) is 1.07. The van der Waals surface area contributed by atoms with Crippen molar-refractivity contribution in [3.05, 3.63) is 35.7 Å². The summed E-state index contributed by atoms with van der Waals surface area (Å²) in [5.41, 5.74) is 1.33.